The van der Waals surface area contributed by atoms with E-state index in [2.05, 4.69) is 37.6 Å². The molecular formula is C29H32N6O2S. The van der Waals surface area contributed by atoms with Gasteiger partial charge in [-0.15, -0.1) is 0 Å². The van der Waals surface area contributed by atoms with Gasteiger partial charge < -0.3 is 20.3 Å². The number of pyridine rings is 2. The summed E-state index contributed by atoms with van der Waals surface area (Å²) in [6.07, 6.45) is 5.34. The van der Waals surface area contributed by atoms with Crippen LogP contribution in [0.1, 0.15) is 13.8 Å². The molecule has 1 saturated heterocycles. The lowest BCUT2D eigenvalue weighted by Gasteiger charge is -2.30. The molecule has 0 radical (unpaired) electrons. The molecule has 9 heteroatoms. The maximum absolute atomic E-state index is 13.7. The van der Waals surface area contributed by atoms with Crippen LogP contribution in [0.15, 0.2) is 84.1 Å². The van der Waals surface area contributed by atoms with Crippen LogP contribution in [0.25, 0.3) is 21.8 Å². The molecule has 1 aliphatic rings. The van der Waals surface area contributed by atoms with Gasteiger partial charge in [-0.3, -0.25) is 8.96 Å². The molecule has 2 aromatic carbocycles. The molecule has 1 atom stereocenters. The van der Waals surface area contributed by atoms with E-state index in [1.807, 2.05) is 68.6 Å². The van der Waals surface area contributed by atoms with Gasteiger partial charge in [-0.25, -0.2) is 9.19 Å². The fraction of sp³-hybridized carbons (Fsp3) is 0.241. The highest BCUT2D eigenvalue weighted by Gasteiger charge is 2.16. The van der Waals surface area contributed by atoms with E-state index in [-0.39, 0.29) is 0 Å². The lowest BCUT2D eigenvalue weighted by Crippen LogP contribution is -2.43. The van der Waals surface area contributed by atoms with Gasteiger partial charge in [0.25, 0.3) is 0 Å². The zero-order valence-electron chi connectivity index (χ0n) is 21.8. The molecule has 3 aromatic heterocycles. The van der Waals surface area contributed by atoms with E-state index >= 15 is 0 Å². The Morgan fingerprint density at radius 1 is 0.974 bits per heavy atom. The third kappa shape index (κ3) is 5.07. The number of piperazine rings is 1. The van der Waals surface area contributed by atoms with Gasteiger partial charge in [-0.2, -0.15) is 0 Å². The molecule has 0 bridgehead atoms. The van der Waals surface area contributed by atoms with Crippen LogP contribution in [0.3, 0.4) is 0 Å². The molecule has 8 nitrogen and oxygen atoms in total. The first kappa shape index (κ1) is 25.7. The molecule has 0 amide bonds. The van der Waals surface area contributed by atoms with Crippen LogP contribution in [0.5, 0.6) is 5.75 Å². The second-order valence-corrected chi connectivity index (χ2v) is 9.93. The number of hydrogen-bond acceptors (Lipinski definition) is 7. The van der Waals surface area contributed by atoms with Gasteiger partial charge in [-0.05, 0) is 30.3 Å². The van der Waals surface area contributed by atoms with Crippen molar-refractivity contribution in [2.45, 2.75) is 18.7 Å². The Hall–Kier alpha value is -3.95. The number of ether oxygens (including phenoxy) is 1. The van der Waals surface area contributed by atoms with Crippen molar-refractivity contribution in [1.82, 2.24) is 19.3 Å². The van der Waals surface area contributed by atoms with Gasteiger partial charge in [-0.1, -0.05) is 32.0 Å². The zero-order chi connectivity index (χ0) is 26.5. The van der Waals surface area contributed by atoms with Gasteiger partial charge in [0, 0.05) is 73.4 Å². The Balaban J connectivity index is 0.00000144. The minimum Gasteiger partial charge on any atom is -0.494 e. The van der Waals surface area contributed by atoms with Crippen molar-refractivity contribution in [3.05, 3.63) is 79.3 Å². The summed E-state index contributed by atoms with van der Waals surface area (Å²) in [6.45, 7) is 7.88. The Morgan fingerprint density at radius 3 is 2.61 bits per heavy atom. The van der Waals surface area contributed by atoms with Gasteiger partial charge >= 0.3 is 0 Å². The monoisotopic (exact) mass is 528 g/mol. The number of rotatable bonds is 6. The number of fused-ring (bicyclic) bond motifs is 2. The SMILES string of the molecule is CC.COc1cc(N2CCNCC2)ccc1Nc1cc2c(ccn2S(=O)c2cccc3cccnc23)cn1. The first-order chi connectivity index (χ1) is 18.7. The van der Waals surface area contributed by atoms with Crippen molar-refractivity contribution < 1.29 is 8.95 Å². The average Bonchev–Trinajstić information content (AvgIpc) is 3.41. The van der Waals surface area contributed by atoms with E-state index in [4.69, 9.17) is 4.74 Å². The van der Waals surface area contributed by atoms with Crippen molar-refractivity contribution in [2.75, 3.05) is 43.5 Å². The topological polar surface area (TPSA) is 84.3 Å². The number of benzene rings is 2. The molecule has 1 unspecified atom stereocenters. The Kier molecular flexibility index (Phi) is 7.86. The molecule has 5 aromatic rings. The highest BCUT2D eigenvalue weighted by molar-refractivity contribution is 7.84. The van der Waals surface area contributed by atoms with Crippen molar-refractivity contribution in [2.24, 2.45) is 0 Å². The van der Waals surface area contributed by atoms with E-state index in [9.17, 15) is 4.21 Å². The number of nitrogens with zero attached hydrogens (tertiary/aromatic N) is 4. The van der Waals surface area contributed by atoms with Crippen LogP contribution in [-0.4, -0.2) is 51.4 Å². The Morgan fingerprint density at radius 2 is 1.79 bits per heavy atom. The van der Waals surface area contributed by atoms with Gasteiger partial charge in [0.1, 0.15) is 11.6 Å². The second-order valence-electron chi connectivity index (χ2n) is 8.60. The van der Waals surface area contributed by atoms with E-state index in [1.165, 1.54) is 0 Å². The van der Waals surface area contributed by atoms with E-state index in [0.717, 1.165) is 65.1 Å². The highest BCUT2D eigenvalue weighted by atomic mass is 32.2. The average molecular weight is 529 g/mol. The molecule has 196 valence electrons. The van der Waals surface area contributed by atoms with E-state index < -0.39 is 11.0 Å². The summed E-state index contributed by atoms with van der Waals surface area (Å²) in [4.78, 5) is 12.1. The van der Waals surface area contributed by atoms with Crippen molar-refractivity contribution >= 4 is 50.0 Å². The largest absolute Gasteiger partial charge is 0.494 e. The van der Waals surface area contributed by atoms with Crippen molar-refractivity contribution in [3.8, 4) is 5.75 Å². The fourth-order valence-corrected chi connectivity index (χ4v) is 5.83. The van der Waals surface area contributed by atoms with Crippen molar-refractivity contribution in [1.29, 1.82) is 0 Å². The number of para-hydroxylation sites is 1. The lowest BCUT2D eigenvalue weighted by molar-refractivity contribution is 0.416. The van der Waals surface area contributed by atoms with E-state index in [0.29, 0.717) is 10.7 Å². The lowest BCUT2D eigenvalue weighted by atomic mass is 10.2. The van der Waals surface area contributed by atoms with Crippen molar-refractivity contribution in [3.63, 3.8) is 0 Å². The predicted molar refractivity (Wildman–Crippen MR) is 156 cm³/mol. The minimum absolute atomic E-state index is 0.642. The fourth-order valence-electron chi connectivity index (χ4n) is 4.58. The van der Waals surface area contributed by atoms with Crippen LogP contribution < -0.4 is 20.3 Å². The summed E-state index contributed by atoms with van der Waals surface area (Å²) in [5.74, 6) is 1.39. The molecule has 0 spiro atoms. The zero-order valence-corrected chi connectivity index (χ0v) is 22.7. The van der Waals surface area contributed by atoms with Crippen LogP contribution in [-0.2, 0) is 11.0 Å². The quantitative estimate of drug-likeness (QED) is 0.308. The molecule has 1 fully saturated rings. The standard InChI is InChI=1S/C27H26N6O2S.C2H6/c1-35-24-16-21(32-14-11-28-12-15-32)7-8-22(24)31-26-17-23-20(18-30-26)9-13-33(23)36(34)25-6-2-4-19-5-3-10-29-27(19)25;1-2/h2-10,13,16-18,28H,11-12,14-15H2,1H3,(H,30,31);1-2H3. The first-order valence-corrected chi connectivity index (χ1v) is 14.0. The third-order valence-electron chi connectivity index (χ3n) is 6.43. The molecule has 0 saturated carbocycles. The third-order valence-corrected chi connectivity index (χ3v) is 7.81. The normalized spacial score (nSPS) is 14.1. The number of nitrogens with one attached hydrogen (secondary N) is 2. The summed E-state index contributed by atoms with van der Waals surface area (Å²) < 4.78 is 21.1. The Labute approximate surface area is 225 Å². The second kappa shape index (κ2) is 11.6. The van der Waals surface area contributed by atoms with Crippen LogP contribution in [0.4, 0.5) is 17.2 Å². The predicted octanol–water partition coefficient (Wildman–Crippen LogP) is 5.34. The van der Waals surface area contributed by atoms with E-state index in [1.54, 1.807) is 23.5 Å². The molecule has 4 heterocycles. The van der Waals surface area contributed by atoms with Gasteiger partial charge in [0.15, 0.2) is 11.0 Å². The number of hydrogen-bond donors (Lipinski definition) is 2. The number of methoxy groups -OCH3 is 1. The molecule has 2 N–H and O–H groups in total. The number of aromatic nitrogens is 3. The molecule has 6 rings (SSSR count). The molecule has 0 aliphatic carbocycles. The molecule has 1 aliphatic heterocycles. The summed E-state index contributed by atoms with van der Waals surface area (Å²) >= 11 is 0. The molecule has 38 heavy (non-hydrogen) atoms. The number of anilines is 3. The maximum atomic E-state index is 13.7. The molecular weight excluding hydrogens is 496 g/mol. The van der Waals surface area contributed by atoms with Crippen LogP contribution >= 0.6 is 0 Å². The summed E-state index contributed by atoms with van der Waals surface area (Å²) in [5.41, 5.74) is 3.51. The smallest absolute Gasteiger partial charge is 0.159 e. The highest BCUT2D eigenvalue weighted by Crippen LogP contribution is 2.33. The van der Waals surface area contributed by atoms with Gasteiger partial charge in [0.2, 0.25) is 0 Å². The maximum Gasteiger partial charge on any atom is 0.159 e. The minimum atomic E-state index is -1.47. The van der Waals surface area contributed by atoms with Crippen LogP contribution in [0, 0.1) is 0 Å². The Bertz CT molecular complexity index is 1570. The summed E-state index contributed by atoms with van der Waals surface area (Å²) in [7, 11) is 0.203. The summed E-state index contributed by atoms with van der Waals surface area (Å²) in [5, 5.41) is 8.62. The van der Waals surface area contributed by atoms with Crippen LogP contribution in [0.2, 0.25) is 0 Å². The first-order valence-electron chi connectivity index (χ1n) is 12.8. The van der Waals surface area contributed by atoms with Gasteiger partial charge in [0.05, 0.1) is 28.7 Å². The summed E-state index contributed by atoms with van der Waals surface area (Å²) in [6, 6.07) is 19.6.